The summed E-state index contributed by atoms with van der Waals surface area (Å²) in [5.74, 6) is 1.52. The van der Waals surface area contributed by atoms with Gasteiger partial charge in [0.25, 0.3) is 0 Å². The van der Waals surface area contributed by atoms with Crippen LogP contribution >= 0.6 is 0 Å². The third kappa shape index (κ3) is 3.57. The van der Waals surface area contributed by atoms with Gasteiger partial charge in [-0.25, -0.2) is 19.7 Å². The fourth-order valence-corrected chi connectivity index (χ4v) is 4.07. The molecule has 1 aliphatic heterocycles. The van der Waals surface area contributed by atoms with Gasteiger partial charge in [0.2, 0.25) is 0 Å². The Morgan fingerprint density at radius 3 is 2.87 bits per heavy atom. The standard InChI is InChI=1S/C20H29N9O/c1-5-21-20(30)28-9-7-8-14(11-28)25-17-16-19(23-12-22-17)27(4)18(26-16)15-10-24-29(6-2)13(15)3/h10,12,14H,5-9,11H2,1-4H3,(H,21,30)(H,22,23,25)/t14-/m0/s1. The monoisotopic (exact) mass is 411 g/mol. The Hall–Kier alpha value is -3.17. The smallest absolute Gasteiger partial charge is 0.317 e. The van der Waals surface area contributed by atoms with Crippen LogP contribution in [0.25, 0.3) is 22.6 Å². The lowest BCUT2D eigenvalue weighted by atomic mass is 10.1. The van der Waals surface area contributed by atoms with Crippen molar-refractivity contribution in [3.63, 3.8) is 0 Å². The summed E-state index contributed by atoms with van der Waals surface area (Å²) in [6.07, 6.45) is 5.34. The van der Waals surface area contributed by atoms with Crippen LogP contribution in [0, 0.1) is 6.92 Å². The number of fused-ring (bicyclic) bond motifs is 1. The SMILES string of the molecule is CCNC(=O)N1CCC[C@H](Nc2ncnc3c2nc(-c2cnn(CC)c2C)n3C)C1. The van der Waals surface area contributed by atoms with Crippen LogP contribution in [0.15, 0.2) is 12.5 Å². The first-order chi connectivity index (χ1) is 14.5. The first kappa shape index (κ1) is 20.1. The molecule has 1 atom stereocenters. The van der Waals surface area contributed by atoms with Gasteiger partial charge in [0.05, 0.1) is 11.8 Å². The number of likely N-dealkylation sites (tertiary alicyclic amines) is 1. The van der Waals surface area contributed by atoms with E-state index in [2.05, 4.69) is 32.6 Å². The Morgan fingerprint density at radius 1 is 1.30 bits per heavy atom. The number of hydrogen-bond donors (Lipinski definition) is 2. The first-order valence-electron chi connectivity index (χ1n) is 10.5. The first-order valence-corrected chi connectivity index (χ1v) is 10.5. The largest absolute Gasteiger partial charge is 0.364 e. The third-order valence-corrected chi connectivity index (χ3v) is 5.68. The number of carbonyl (C=O) groups excluding carboxylic acids is 1. The third-order valence-electron chi connectivity index (χ3n) is 5.68. The Morgan fingerprint density at radius 2 is 2.13 bits per heavy atom. The Labute approximate surface area is 175 Å². The number of aryl methyl sites for hydroxylation is 2. The van der Waals surface area contributed by atoms with Gasteiger partial charge in [-0.15, -0.1) is 0 Å². The summed E-state index contributed by atoms with van der Waals surface area (Å²) in [7, 11) is 1.96. The molecular weight excluding hydrogens is 382 g/mol. The highest BCUT2D eigenvalue weighted by atomic mass is 16.2. The van der Waals surface area contributed by atoms with Crippen molar-refractivity contribution in [3.05, 3.63) is 18.2 Å². The highest BCUT2D eigenvalue weighted by Gasteiger charge is 2.25. The molecule has 160 valence electrons. The molecule has 30 heavy (non-hydrogen) atoms. The number of piperidine rings is 1. The predicted molar refractivity (Wildman–Crippen MR) is 115 cm³/mol. The van der Waals surface area contributed by atoms with Gasteiger partial charge in [0.1, 0.15) is 12.2 Å². The number of amides is 2. The van der Waals surface area contributed by atoms with Crippen LogP contribution in [0.1, 0.15) is 32.4 Å². The molecule has 4 rings (SSSR count). The van der Waals surface area contributed by atoms with Crippen molar-refractivity contribution in [2.75, 3.05) is 25.0 Å². The van der Waals surface area contributed by atoms with Crippen molar-refractivity contribution in [1.82, 2.24) is 39.5 Å². The molecule has 10 nitrogen and oxygen atoms in total. The molecule has 0 unspecified atom stereocenters. The van der Waals surface area contributed by atoms with Gasteiger partial charge in [-0.3, -0.25) is 4.68 Å². The lowest BCUT2D eigenvalue weighted by Gasteiger charge is -2.33. The molecule has 0 aliphatic carbocycles. The van der Waals surface area contributed by atoms with E-state index in [4.69, 9.17) is 4.98 Å². The number of anilines is 1. The maximum atomic E-state index is 12.2. The van der Waals surface area contributed by atoms with Crippen LogP contribution in [0.3, 0.4) is 0 Å². The van der Waals surface area contributed by atoms with Crippen LogP contribution in [-0.4, -0.2) is 65.9 Å². The topological polar surface area (TPSA) is 106 Å². The van der Waals surface area contributed by atoms with Crippen molar-refractivity contribution in [2.24, 2.45) is 7.05 Å². The summed E-state index contributed by atoms with van der Waals surface area (Å²) >= 11 is 0. The van der Waals surface area contributed by atoms with Gasteiger partial charge in [0.15, 0.2) is 17.0 Å². The highest BCUT2D eigenvalue weighted by molar-refractivity contribution is 5.86. The van der Waals surface area contributed by atoms with E-state index in [0.29, 0.717) is 18.9 Å². The van der Waals surface area contributed by atoms with Crippen LogP contribution in [0.4, 0.5) is 10.6 Å². The van der Waals surface area contributed by atoms with Crippen LogP contribution in [0.2, 0.25) is 0 Å². The van der Waals surface area contributed by atoms with Crippen molar-refractivity contribution < 1.29 is 4.79 Å². The van der Waals surface area contributed by atoms with Gasteiger partial charge in [-0.1, -0.05) is 0 Å². The molecule has 1 saturated heterocycles. The van der Waals surface area contributed by atoms with Crippen molar-refractivity contribution in [3.8, 4) is 11.4 Å². The highest BCUT2D eigenvalue weighted by Crippen LogP contribution is 2.28. The Bertz CT molecular complexity index is 1050. The summed E-state index contributed by atoms with van der Waals surface area (Å²) in [5.41, 5.74) is 3.56. The summed E-state index contributed by atoms with van der Waals surface area (Å²) in [5, 5.41) is 10.8. The number of nitrogens with one attached hydrogen (secondary N) is 2. The molecule has 0 spiro atoms. The molecule has 2 amide bonds. The van der Waals surface area contributed by atoms with Crippen molar-refractivity contribution in [1.29, 1.82) is 0 Å². The molecule has 3 aromatic rings. The van der Waals surface area contributed by atoms with Gasteiger partial charge >= 0.3 is 6.03 Å². The van der Waals surface area contributed by atoms with Gasteiger partial charge in [0, 0.05) is 45.0 Å². The predicted octanol–water partition coefficient (Wildman–Crippen LogP) is 2.16. The van der Waals surface area contributed by atoms with E-state index in [-0.39, 0.29) is 12.1 Å². The lowest BCUT2D eigenvalue weighted by Crippen LogP contribution is -2.49. The van der Waals surface area contributed by atoms with E-state index in [1.165, 1.54) is 0 Å². The van der Waals surface area contributed by atoms with Gasteiger partial charge < -0.3 is 20.1 Å². The average Bonchev–Trinajstić information content (AvgIpc) is 3.28. The quantitative estimate of drug-likeness (QED) is 0.666. The van der Waals surface area contributed by atoms with Gasteiger partial charge in [-0.05, 0) is 33.6 Å². The molecular formula is C20H29N9O. The normalized spacial score (nSPS) is 16.8. The number of carbonyl (C=O) groups is 1. The zero-order chi connectivity index (χ0) is 21.3. The van der Waals surface area contributed by atoms with Crippen LogP contribution in [-0.2, 0) is 13.6 Å². The summed E-state index contributed by atoms with van der Waals surface area (Å²) in [4.78, 5) is 27.8. The number of rotatable bonds is 5. The maximum Gasteiger partial charge on any atom is 0.317 e. The second-order valence-corrected chi connectivity index (χ2v) is 7.61. The minimum absolute atomic E-state index is 0.0135. The van der Waals surface area contributed by atoms with Crippen LogP contribution in [0.5, 0.6) is 0 Å². The molecule has 0 aromatic carbocycles. The summed E-state index contributed by atoms with van der Waals surface area (Å²) in [6, 6.07) is 0.106. The fourth-order valence-electron chi connectivity index (χ4n) is 4.07. The second-order valence-electron chi connectivity index (χ2n) is 7.61. The molecule has 2 N–H and O–H groups in total. The van der Waals surface area contributed by atoms with E-state index >= 15 is 0 Å². The molecule has 0 radical (unpaired) electrons. The lowest BCUT2D eigenvalue weighted by molar-refractivity contribution is 0.183. The minimum Gasteiger partial charge on any atom is -0.364 e. The summed E-state index contributed by atoms with van der Waals surface area (Å²) < 4.78 is 3.94. The van der Waals surface area contributed by atoms with E-state index in [0.717, 1.165) is 54.2 Å². The molecule has 4 heterocycles. The zero-order valence-corrected chi connectivity index (χ0v) is 18.0. The number of nitrogens with zero attached hydrogens (tertiary/aromatic N) is 7. The number of imidazole rings is 1. The molecule has 10 heteroatoms. The Kier molecular flexibility index (Phi) is 5.56. The van der Waals surface area contributed by atoms with E-state index in [1.54, 1.807) is 6.33 Å². The number of urea groups is 1. The molecule has 1 fully saturated rings. The van der Waals surface area contributed by atoms with Crippen LogP contribution < -0.4 is 10.6 Å². The maximum absolute atomic E-state index is 12.2. The minimum atomic E-state index is -0.0135. The fraction of sp³-hybridized carbons (Fsp3) is 0.550. The summed E-state index contributed by atoms with van der Waals surface area (Å²) in [6.45, 7) is 8.90. The number of aromatic nitrogens is 6. The van der Waals surface area contributed by atoms with Crippen molar-refractivity contribution in [2.45, 2.75) is 46.2 Å². The van der Waals surface area contributed by atoms with E-state index < -0.39 is 0 Å². The molecule has 3 aromatic heterocycles. The van der Waals surface area contributed by atoms with Gasteiger partial charge in [-0.2, -0.15) is 5.10 Å². The molecule has 0 saturated carbocycles. The van der Waals surface area contributed by atoms with E-state index in [9.17, 15) is 4.79 Å². The molecule has 1 aliphatic rings. The van der Waals surface area contributed by atoms with Crippen molar-refractivity contribution >= 4 is 23.0 Å². The van der Waals surface area contributed by atoms with E-state index in [1.807, 2.05) is 41.2 Å². The number of hydrogen-bond acceptors (Lipinski definition) is 6. The zero-order valence-electron chi connectivity index (χ0n) is 18.0. The second kappa shape index (κ2) is 8.29. The molecule has 0 bridgehead atoms. The average molecular weight is 412 g/mol. The Balaban J connectivity index is 1.62.